The molecule has 0 spiro atoms. The predicted molar refractivity (Wildman–Crippen MR) is 93.2 cm³/mol. The van der Waals surface area contributed by atoms with Crippen molar-refractivity contribution in [2.75, 3.05) is 7.11 Å². The number of carbonyl (C=O) groups is 1. The lowest BCUT2D eigenvalue weighted by molar-refractivity contribution is 0.0601. The van der Waals surface area contributed by atoms with Crippen molar-refractivity contribution in [3.63, 3.8) is 0 Å². The normalized spacial score (nSPS) is 21.2. The molecule has 4 rings (SSSR count). The molecular weight excluding hydrogens is 305 g/mol. The van der Waals surface area contributed by atoms with Crippen LogP contribution in [-0.2, 0) is 4.74 Å². The van der Waals surface area contributed by atoms with Crippen molar-refractivity contribution in [3.05, 3.63) is 48.0 Å². The van der Waals surface area contributed by atoms with E-state index in [4.69, 9.17) is 4.74 Å². The highest BCUT2D eigenvalue weighted by Gasteiger charge is 2.25. The monoisotopic (exact) mass is 325 g/mol. The van der Waals surface area contributed by atoms with Crippen LogP contribution in [0.5, 0.6) is 0 Å². The minimum Gasteiger partial charge on any atom is -0.465 e. The Balaban J connectivity index is 1.95. The molecule has 1 aliphatic rings. The first-order valence-corrected chi connectivity index (χ1v) is 8.44. The number of halogens is 1. The number of hydrogen-bond donors (Lipinski definition) is 0. The highest BCUT2D eigenvalue weighted by molar-refractivity contribution is 6.09. The summed E-state index contributed by atoms with van der Waals surface area (Å²) in [5, 5.41) is 2.30. The molecule has 1 fully saturated rings. The van der Waals surface area contributed by atoms with Crippen LogP contribution in [0.2, 0.25) is 0 Å². The van der Waals surface area contributed by atoms with Gasteiger partial charge < -0.3 is 9.30 Å². The van der Waals surface area contributed by atoms with Gasteiger partial charge in [0.15, 0.2) is 0 Å². The summed E-state index contributed by atoms with van der Waals surface area (Å²) in [4.78, 5) is 11.9. The first kappa shape index (κ1) is 15.2. The van der Waals surface area contributed by atoms with Crippen LogP contribution in [0.4, 0.5) is 4.39 Å². The summed E-state index contributed by atoms with van der Waals surface area (Å²) in [6.07, 6.45) is 2.19. The van der Waals surface area contributed by atoms with E-state index in [1.807, 2.05) is 30.3 Å². The summed E-state index contributed by atoms with van der Waals surface area (Å²) >= 11 is 0. The van der Waals surface area contributed by atoms with Crippen LogP contribution in [0.1, 0.15) is 42.1 Å². The first-order valence-electron chi connectivity index (χ1n) is 8.44. The lowest BCUT2D eigenvalue weighted by Gasteiger charge is -2.27. The van der Waals surface area contributed by atoms with Gasteiger partial charge in [-0.1, -0.05) is 24.3 Å². The van der Waals surface area contributed by atoms with Gasteiger partial charge in [0, 0.05) is 22.3 Å². The van der Waals surface area contributed by atoms with E-state index >= 15 is 0 Å². The molecule has 1 heterocycles. The molecule has 0 unspecified atom stereocenters. The lowest BCUT2D eigenvalue weighted by Crippen LogP contribution is -2.18. The van der Waals surface area contributed by atoms with Gasteiger partial charge in [0.25, 0.3) is 0 Å². The number of alkyl halides is 1. The summed E-state index contributed by atoms with van der Waals surface area (Å²) < 4.78 is 20.7. The van der Waals surface area contributed by atoms with Gasteiger partial charge in [-0.2, -0.15) is 0 Å². The molecule has 0 bridgehead atoms. The molecule has 1 aromatic heterocycles. The second kappa shape index (κ2) is 5.93. The van der Waals surface area contributed by atoms with Crippen LogP contribution < -0.4 is 0 Å². The number of carbonyl (C=O) groups excluding carboxylic acids is 1. The highest BCUT2D eigenvalue weighted by atomic mass is 19.1. The molecule has 3 nitrogen and oxygen atoms in total. The number of fused-ring (bicyclic) bond motifs is 3. The Morgan fingerprint density at radius 1 is 1.04 bits per heavy atom. The highest BCUT2D eigenvalue weighted by Crippen LogP contribution is 2.38. The zero-order valence-corrected chi connectivity index (χ0v) is 13.7. The fraction of sp³-hybridized carbons (Fsp3) is 0.350. The van der Waals surface area contributed by atoms with E-state index in [9.17, 15) is 9.18 Å². The van der Waals surface area contributed by atoms with Crippen molar-refractivity contribution >= 4 is 27.8 Å². The zero-order chi connectivity index (χ0) is 16.7. The van der Waals surface area contributed by atoms with Crippen molar-refractivity contribution in [1.82, 2.24) is 4.57 Å². The van der Waals surface area contributed by atoms with Crippen molar-refractivity contribution in [2.24, 2.45) is 0 Å². The Bertz CT molecular complexity index is 907. The van der Waals surface area contributed by atoms with E-state index in [-0.39, 0.29) is 12.0 Å². The number of aromatic nitrogens is 1. The third kappa shape index (κ3) is 2.37. The zero-order valence-electron chi connectivity index (χ0n) is 13.7. The topological polar surface area (TPSA) is 31.2 Å². The summed E-state index contributed by atoms with van der Waals surface area (Å²) in [7, 11) is 1.39. The summed E-state index contributed by atoms with van der Waals surface area (Å²) in [6.45, 7) is 0. The standard InChI is InChI=1S/C20H20FNO2/c1-24-20(23)13-6-11-17-16-4-2-3-5-18(16)22(19(17)12-13)15-9-7-14(21)8-10-15/h2-6,11-12,14-15H,7-10H2,1H3. The molecule has 0 radical (unpaired) electrons. The number of nitrogens with zero attached hydrogens (tertiary/aromatic N) is 1. The van der Waals surface area contributed by atoms with Gasteiger partial charge >= 0.3 is 5.97 Å². The fourth-order valence-corrected chi connectivity index (χ4v) is 3.93. The molecule has 3 aromatic rings. The molecule has 0 amide bonds. The van der Waals surface area contributed by atoms with E-state index in [1.165, 1.54) is 12.5 Å². The molecule has 1 aliphatic carbocycles. The average molecular weight is 325 g/mol. The van der Waals surface area contributed by atoms with Gasteiger partial charge in [-0.15, -0.1) is 0 Å². The van der Waals surface area contributed by atoms with Crippen LogP contribution in [0.3, 0.4) is 0 Å². The van der Waals surface area contributed by atoms with Crippen LogP contribution in [0.25, 0.3) is 21.8 Å². The van der Waals surface area contributed by atoms with Crippen LogP contribution >= 0.6 is 0 Å². The average Bonchev–Trinajstić information content (AvgIpc) is 2.95. The number of para-hydroxylation sites is 1. The summed E-state index contributed by atoms with van der Waals surface area (Å²) in [5.74, 6) is -0.332. The smallest absolute Gasteiger partial charge is 0.337 e. The predicted octanol–water partition coefficient (Wildman–Crippen LogP) is 5.03. The Morgan fingerprint density at radius 3 is 2.50 bits per heavy atom. The summed E-state index contributed by atoms with van der Waals surface area (Å²) in [6, 6.07) is 14.2. The molecule has 1 saturated carbocycles. The van der Waals surface area contributed by atoms with Crippen LogP contribution in [0.15, 0.2) is 42.5 Å². The van der Waals surface area contributed by atoms with Gasteiger partial charge in [0.1, 0.15) is 6.17 Å². The number of hydrogen-bond acceptors (Lipinski definition) is 2. The number of rotatable bonds is 2. The van der Waals surface area contributed by atoms with Gasteiger partial charge in [-0.3, -0.25) is 0 Å². The number of esters is 1. The molecule has 0 N–H and O–H groups in total. The van der Waals surface area contributed by atoms with Crippen LogP contribution in [0, 0.1) is 0 Å². The Morgan fingerprint density at radius 2 is 1.75 bits per heavy atom. The molecule has 124 valence electrons. The maximum absolute atomic E-state index is 13.6. The van der Waals surface area contributed by atoms with Crippen molar-refractivity contribution < 1.29 is 13.9 Å². The van der Waals surface area contributed by atoms with Crippen molar-refractivity contribution in [1.29, 1.82) is 0 Å². The number of ether oxygens (including phenoxy) is 1. The van der Waals surface area contributed by atoms with Crippen molar-refractivity contribution in [2.45, 2.75) is 37.9 Å². The van der Waals surface area contributed by atoms with Gasteiger partial charge in [0.2, 0.25) is 0 Å². The fourth-order valence-electron chi connectivity index (χ4n) is 3.93. The largest absolute Gasteiger partial charge is 0.465 e. The molecule has 0 saturated heterocycles. The summed E-state index contributed by atoms with van der Waals surface area (Å²) in [5.41, 5.74) is 2.73. The molecular formula is C20H20FNO2. The minimum absolute atomic E-state index is 0.271. The van der Waals surface area contributed by atoms with E-state index in [0.29, 0.717) is 18.4 Å². The van der Waals surface area contributed by atoms with E-state index < -0.39 is 6.17 Å². The van der Waals surface area contributed by atoms with Gasteiger partial charge in [-0.05, 0) is 43.9 Å². The molecule has 24 heavy (non-hydrogen) atoms. The molecule has 4 heteroatoms. The number of benzene rings is 2. The first-order chi connectivity index (χ1) is 11.7. The third-order valence-corrected chi connectivity index (χ3v) is 5.12. The minimum atomic E-state index is -0.681. The Hall–Kier alpha value is -2.36. The van der Waals surface area contributed by atoms with E-state index in [1.54, 1.807) is 0 Å². The van der Waals surface area contributed by atoms with Crippen molar-refractivity contribution in [3.8, 4) is 0 Å². The lowest BCUT2D eigenvalue weighted by atomic mass is 9.93. The van der Waals surface area contributed by atoms with Gasteiger partial charge in [-0.25, -0.2) is 9.18 Å². The molecule has 2 aromatic carbocycles. The maximum atomic E-state index is 13.6. The maximum Gasteiger partial charge on any atom is 0.337 e. The number of methoxy groups -OCH3 is 1. The SMILES string of the molecule is COC(=O)c1ccc2c3ccccc3n(C3CCC(F)CC3)c2c1. The molecule has 0 atom stereocenters. The van der Waals surface area contributed by atoms with Gasteiger partial charge in [0.05, 0.1) is 18.2 Å². The molecule has 0 aliphatic heterocycles. The second-order valence-corrected chi connectivity index (χ2v) is 6.52. The van der Waals surface area contributed by atoms with Crippen LogP contribution in [-0.4, -0.2) is 23.8 Å². The third-order valence-electron chi connectivity index (χ3n) is 5.12. The Labute approximate surface area is 140 Å². The second-order valence-electron chi connectivity index (χ2n) is 6.52. The van der Waals surface area contributed by atoms with E-state index in [2.05, 4.69) is 16.7 Å². The Kier molecular flexibility index (Phi) is 3.75. The quantitative estimate of drug-likeness (QED) is 0.619. The van der Waals surface area contributed by atoms with E-state index in [0.717, 1.165) is 29.3 Å².